The first kappa shape index (κ1) is 6.18. The first-order valence-corrected chi connectivity index (χ1v) is 3.82. The number of hydrogen-bond acceptors (Lipinski definition) is 2. The summed E-state index contributed by atoms with van der Waals surface area (Å²) < 4.78 is 0. The minimum atomic E-state index is 0.383. The summed E-state index contributed by atoms with van der Waals surface area (Å²) in [5, 5.41) is 8.54. The average Bonchev–Trinajstić information content (AvgIpc) is 1.74. The van der Waals surface area contributed by atoms with E-state index in [-0.39, 0.29) is 0 Å². The summed E-state index contributed by atoms with van der Waals surface area (Å²) >= 11 is 0. The van der Waals surface area contributed by atoms with E-state index < -0.39 is 0 Å². The minimum Gasteiger partial charge on any atom is -0.305 e. The van der Waals surface area contributed by atoms with E-state index >= 15 is 0 Å². The van der Waals surface area contributed by atoms with E-state index in [4.69, 9.17) is 5.26 Å². The molecule has 0 aromatic rings. The van der Waals surface area contributed by atoms with E-state index in [0.29, 0.717) is 11.3 Å². The molecule has 2 rings (SSSR count). The van der Waals surface area contributed by atoms with Crippen molar-refractivity contribution in [3.05, 3.63) is 0 Å². The van der Waals surface area contributed by atoms with Crippen molar-refractivity contribution >= 4 is 0 Å². The molecule has 2 fully saturated rings. The van der Waals surface area contributed by atoms with Gasteiger partial charge in [-0.2, -0.15) is 5.26 Å². The zero-order valence-corrected chi connectivity index (χ0v) is 6.30. The monoisotopic (exact) mass is 136 g/mol. The third-order valence-corrected chi connectivity index (χ3v) is 2.75. The molecule has 0 atom stereocenters. The Morgan fingerprint density at radius 3 is 2.50 bits per heavy atom. The summed E-state index contributed by atoms with van der Waals surface area (Å²) in [5.41, 5.74) is 0.592. The van der Waals surface area contributed by atoms with Crippen molar-refractivity contribution in [3.8, 4) is 6.07 Å². The third-order valence-electron chi connectivity index (χ3n) is 2.75. The Hall–Kier alpha value is -0.550. The highest BCUT2D eigenvalue weighted by Gasteiger charge is 2.50. The largest absolute Gasteiger partial charge is 0.305 e. The van der Waals surface area contributed by atoms with Gasteiger partial charge in [0.2, 0.25) is 0 Å². The van der Waals surface area contributed by atoms with Gasteiger partial charge >= 0.3 is 0 Å². The van der Waals surface area contributed by atoms with E-state index in [0.717, 1.165) is 12.8 Å². The third kappa shape index (κ3) is 0.674. The van der Waals surface area contributed by atoms with Crippen LogP contribution >= 0.6 is 0 Å². The maximum Gasteiger partial charge on any atom is 0.0656 e. The predicted octanol–water partition coefficient (Wildman–Crippen LogP) is 0.852. The maximum atomic E-state index is 8.54. The number of nitriles is 1. The lowest BCUT2D eigenvalue weighted by atomic mass is 9.58. The molecule has 0 aromatic heterocycles. The Kier molecular flexibility index (Phi) is 1.07. The van der Waals surface area contributed by atoms with Gasteiger partial charge in [-0.3, -0.25) is 0 Å². The summed E-state index contributed by atoms with van der Waals surface area (Å²) in [6.07, 6.45) is 2.32. The van der Waals surface area contributed by atoms with Gasteiger partial charge in [0.25, 0.3) is 0 Å². The molecule has 1 saturated heterocycles. The van der Waals surface area contributed by atoms with Crippen LogP contribution in [0.1, 0.15) is 12.8 Å². The SMILES string of the molecule is CN1CC2(CC(C#N)C2)C1. The molecule has 1 aliphatic carbocycles. The summed E-state index contributed by atoms with van der Waals surface area (Å²) in [6, 6.07) is 2.32. The number of rotatable bonds is 0. The fourth-order valence-electron chi connectivity index (χ4n) is 2.43. The molecule has 0 aromatic carbocycles. The highest BCUT2D eigenvalue weighted by atomic mass is 15.2. The molecular weight excluding hydrogens is 124 g/mol. The molecule has 1 heterocycles. The first-order valence-electron chi connectivity index (χ1n) is 3.82. The van der Waals surface area contributed by atoms with Crippen molar-refractivity contribution in [1.82, 2.24) is 4.90 Å². The van der Waals surface area contributed by atoms with Crippen LogP contribution < -0.4 is 0 Å². The van der Waals surface area contributed by atoms with Crippen LogP contribution in [0.2, 0.25) is 0 Å². The van der Waals surface area contributed by atoms with Crippen molar-refractivity contribution in [2.45, 2.75) is 12.8 Å². The fraction of sp³-hybridized carbons (Fsp3) is 0.875. The van der Waals surface area contributed by atoms with Gasteiger partial charge in [0.15, 0.2) is 0 Å². The predicted molar refractivity (Wildman–Crippen MR) is 38.3 cm³/mol. The molecule has 1 aliphatic heterocycles. The molecule has 0 unspecified atom stereocenters. The molecule has 0 radical (unpaired) electrons. The minimum absolute atomic E-state index is 0.383. The second-order valence-corrected chi connectivity index (χ2v) is 3.91. The van der Waals surface area contributed by atoms with Crippen LogP contribution in [0.3, 0.4) is 0 Å². The molecule has 10 heavy (non-hydrogen) atoms. The van der Waals surface area contributed by atoms with Gasteiger partial charge in [0.1, 0.15) is 0 Å². The molecule has 1 spiro atoms. The summed E-state index contributed by atoms with van der Waals surface area (Å²) in [7, 11) is 2.14. The highest BCUT2D eigenvalue weighted by molar-refractivity contribution is 5.08. The van der Waals surface area contributed by atoms with E-state index in [1.54, 1.807) is 0 Å². The van der Waals surface area contributed by atoms with Gasteiger partial charge in [0.05, 0.1) is 6.07 Å². The van der Waals surface area contributed by atoms with Gasteiger partial charge in [-0.05, 0) is 25.3 Å². The van der Waals surface area contributed by atoms with E-state index in [2.05, 4.69) is 18.0 Å². The quantitative estimate of drug-likeness (QED) is 0.493. The van der Waals surface area contributed by atoms with Crippen molar-refractivity contribution in [3.63, 3.8) is 0 Å². The molecule has 0 bridgehead atoms. The van der Waals surface area contributed by atoms with Crippen molar-refractivity contribution < 1.29 is 0 Å². The maximum absolute atomic E-state index is 8.54. The number of likely N-dealkylation sites (tertiary alicyclic amines) is 1. The first-order chi connectivity index (χ1) is 4.74. The Morgan fingerprint density at radius 1 is 1.50 bits per heavy atom. The Bertz CT molecular complexity index is 178. The van der Waals surface area contributed by atoms with E-state index in [1.165, 1.54) is 13.1 Å². The Balaban J connectivity index is 1.86. The fourth-order valence-corrected chi connectivity index (χ4v) is 2.43. The average molecular weight is 136 g/mol. The molecule has 2 aliphatic rings. The lowest BCUT2D eigenvalue weighted by molar-refractivity contribution is -0.0656. The second kappa shape index (κ2) is 1.73. The summed E-state index contributed by atoms with van der Waals surface area (Å²) in [5.74, 6) is 0.383. The lowest BCUT2D eigenvalue weighted by Crippen LogP contribution is -2.60. The Morgan fingerprint density at radius 2 is 2.10 bits per heavy atom. The molecular formula is C8H12N2. The van der Waals surface area contributed by atoms with Gasteiger partial charge in [-0.1, -0.05) is 0 Å². The molecule has 2 nitrogen and oxygen atoms in total. The van der Waals surface area contributed by atoms with Gasteiger partial charge in [-0.15, -0.1) is 0 Å². The van der Waals surface area contributed by atoms with Crippen LogP contribution in [0, 0.1) is 22.7 Å². The van der Waals surface area contributed by atoms with Crippen molar-refractivity contribution in [2.24, 2.45) is 11.3 Å². The van der Waals surface area contributed by atoms with Gasteiger partial charge < -0.3 is 4.90 Å². The van der Waals surface area contributed by atoms with Crippen LogP contribution in [0.15, 0.2) is 0 Å². The molecule has 0 N–H and O–H groups in total. The van der Waals surface area contributed by atoms with Crippen LogP contribution in [-0.2, 0) is 0 Å². The lowest BCUT2D eigenvalue weighted by Gasteiger charge is -2.56. The topological polar surface area (TPSA) is 27.0 Å². The number of nitrogens with zero attached hydrogens (tertiary/aromatic N) is 2. The standard InChI is InChI=1S/C8H12N2/c1-10-5-8(6-10)2-7(3-8)4-9/h7H,2-3,5-6H2,1H3. The Labute approximate surface area is 61.4 Å². The van der Waals surface area contributed by atoms with E-state index in [1.807, 2.05) is 0 Å². The molecule has 1 saturated carbocycles. The van der Waals surface area contributed by atoms with E-state index in [9.17, 15) is 0 Å². The van der Waals surface area contributed by atoms with Gasteiger partial charge in [-0.25, -0.2) is 0 Å². The van der Waals surface area contributed by atoms with Crippen LogP contribution in [0.25, 0.3) is 0 Å². The smallest absolute Gasteiger partial charge is 0.0656 e. The van der Waals surface area contributed by atoms with Crippen LogP contribution in [-0.4, -0.2) is 25.0 Å². The van der Waals surface area contributed by atoms with Crippen LogP contribution in [0.4, 0.5) is 0 Å². The highest BCUT2D eigenvalue weighted by Crippen LogP contribution is 2.50. The number of hydrogen-bond donors (Lipinski definition) is 0. The normalized spacial score (nSPS) is 30.8. The van der Waals surface area contributed by atoms with Crippen molar-refractivity contribution in [1.29, 1.82) is 5.26 Å². The zero-order chi connectivity index (χ0) is 7.19. The molecule has 2 heteroatoms. The summed E-state index contributed by atoms with van der Waals surface area (Å²) in [6.45, 7) is 2.45. The second-order valence-electron chi connectivity index (χ2n) is 3.91. The molecule has 54 valence electrons. The van der Waals surface area contributed by atoms with Gasteiger partial charge in [0, 0.05) is 19.0 Å². The molecule has 0 amide bonds. The zero-order valence-electron chi connectivity index (χ0n) is 6.30. The summed E-state index contributed by atoms with van der Waals surface area (Å²) in [4.78, 5) is 2.33. The van der Waals surface area contributed by atoms with Crippen LogP contribution in [0.5, 0.6) is 0 Å². The van der Waals surface area contributed by atoms with Crippen molar-refractivity contribution in [2.75, 3.05) is 20.1 Å².